The molecule has 1 heterocycles. The molecule has 2 unspecified atom stereocenters. The average molecular weight is 140 g/mol. The van der Waals surface area contributed by atoms with Crippen molar-refractivity contribution in [2.24, 2.45) is 5.92 Å². The van der Waals surface area contributed by atoms with Crippen LogP contribution >= 0.6 is 0 Å². The van der Waals surface area contributed by atoms with Crippen molar-refractivity contribution in [3.8, 4) is 0 Å². The van der Waals surface area contributed by atoms with E-state index >= 15 is 0 Å². The van der Waals surface area contributed by atoms with Crippen molar-refractivity contribution in [1.82, 2.24) is 5.32 Å². The van der Waals surface area contributed by atoms with Gasteiger partial charge in [-0.3, -0.25) is 0 Å². The molecular formula is C9H18N. The number of piperidine rings is 1. The number of hydrogen-bond acceptors (Lipinski definition) is 0. The van der Waals surface area contributed by atoms with Crippen LogP contribution in [0, 0.1) is 5.92 Å². The first kappa shape index (κ1) is 8.06. The van der Waals surface area contributed by atoms with Crippen molar-refractivity contribution in [2.45, 2.75) is 45.6 Å². The normalized spacial score (nSPS) is 30.0. The molecule has 59 valence electrons. The van der Waals surface area contributed by atoms with Crippen molar-refractivity contribution < 1.29 is 0 Å². The quantitative estimate of drug-likeness (QED) is 0.558. The fourth-order valence-corrected chi connectivity index (χ4v) is 1.55. The van der Waals surface area contributed by atoms with Gasteiger partial charge in [-0.15, -0.1) is 0 Å². The minimum atomic E-state index is 0.693. The summed E-state index contributed by atoms with van der Waals surface area (Å²) >= 11 is 0. The van der Waals surface area contributed by atoms with Crippen molar-refractivity contribution in [2.75, 3.05) is 6.54 Å². The van der Waals surface area contributed by atoms with Gasteiger partial charge in [-0.1, -0.05) is 26.7 Å². The zero-order chi connectivity index (χ0) is 7.40. The zero-order valence-electron chi connectivity index (χ0n) is 7.14. The van der Waals surface area contributed by atoms with Gasteiger partial charge in [0.15, 0.2) is 0 Å². The maximum absolute atomic E-state index is 4.60. The molecule has 0 aromatic carbocycles. The van der Waals surface area contributed by atoms with Gasteiger partial charge in [0.1, 0.15) is 0 Å². The Bertz CT molecular complexity index is 84.7. The zero-order valence-corrected chi connectivity index (χ0v) is 7.14. The van der Waals surface area contributed by atoms with Crippen LogP contribution in [0.4, 0.5) is 0 Å². The standard InChI is InChI=1S/C9H18N/c1-3-8(2)9-6-4-5-7-10-9/h8-9H,3-7H2,1-2H3. The van der Waals surface area contributed by atoms with Crippen LogP contribution in [0.3, 0.4) is 0 Å². The Morgan fingerprint density at radius 1 is 1.50 bits per heavy atom. The molecule has 1 aliphatic rings. The first-order valence-electron chi connectivity index (χ1n) is 4.51. The summed E-state index contributed by atoms with van der Waals surface area (Å²) in [4.78, 5) is 0. The first-order chi connectivity index (χ1) is 4.84. The van der Waals surface area contributed by atoms with Gasteiger partial charge < -0.3 is 0 Å². The van der Waals surface area contributed by atoms with E-state index in [-0.39, 0.29) is 0 Å². The van der Waals surface area contributed by atoms with Crippen molar-refractivity contribution in [3.05, 3.63) is 0 Å². The third-order valence-electron chi connectivity index (χ3n) is 2.57. The molecule has 0 N–H and O–H groups in total. The molecule has 1 fully saturated rings. The van der Waals surface area contributed by atoms with E-state index in [1.54, 1.807) is 0 Å². The van der Waals surface area contributed by atoms with Gasteiger partial charge in [-0.05, 0) is 18.8 Å². The molecule has 0 aromatic heterocycles. The van der Waals surface area contributed by atoms with Gasteiger partial charge in [0.05, 0.1) is 0 Å². The summed E-state index contributed by atoms with van der Waals surface area (Å²) in [5, 5.41) is 4.60. The highest BCUT2D eigenvalue weighted by Gasteiger charge is 2.18. The van der Waals surface area contributed by atoms with E-state index < -0.39 is 0 Å². The molecule has 1 rings (SSSR count). The van der Waals surface area contributed by atoms with E-state index in [2.05, 4.69) is 19.2 Å². The van der Waals surface area contributed by atoms with E-state index in [1.165, 1.54) is 25.7 Å². The summed E-state index contributed by atoms with van der Waals surface area (Å²) in [6.07, 6.45) is 5.36. The lowest BCUT2D eigenvalue weighted by Crippen LogP contribution is -2.33. The topological polar surface area (TPSA) is 14.1 Å². The van der Waals surface area contributed by atoms with E-state index in [0.717, 1.165) is 12.5 Å². The molecule has 0 amide bonds. The van der Waals surface area contributed by atoms with E-state index in [9.17, 15) is 0 Å². The Morgan fingerprint density at radius 2 is 2.30 bits per heavy atom. The van der Waals surface area contributed by atoms with Crippen LogP contribution in [0.1, 0.15) is 39.5 Å². The van der Waals surface area contributed by atoms with Crippen molar-refractivity contribution in [1.29, 1.82) is 0 Å². The molecule has 0 aliphatic carbocycles. The lowest BCUT2D eigenvalue weighted by molar-refractivity contribution is 0.298. The van der Waals surface area contributed by atoms with Crippen molar-refractivity contribution in [3.63, 3.8) is 0 Å². The van der Waals surface area contributed by atoms with Gasteiger partial charge in [-0.25, -0.2) is 5.32 Å². The Kier molecular flexibility index (Phi) is 3.20. The molecule has 1 aliphatic heterocycles. The molecule has 0 aromatic rings. The fourth-order valence-electron chi connectivity index (χ4n) is 1.55. The molecule has 0 spiro atoms. The third kappa shape index (κ3) is 1.98. The monoisotopic (exact) mass is 140 g/mol. The molecular weight excluding hydrogens is 122 g/mol. The lowest BCUT2D eigenvalue weighted by Gasteiger charge is -2.26. The summed E-state index contributed by atoms with van der Waals surface area (Å²) in [6, 6.07) is 0.693. The van der Waals surface area contributed by atoms with Gasteiger partial charge in [-0.2, -0.15) is 0 Å². The molecule has 0 saturated carbocycles. The van der Waals surface area contributed by atoms with Gasteiger partial charge >= 0.3 is 0 Å². The molecule has 1 radical (unpaired) electrons. The van der Waals surface area contributed by atoms with E-state index in [1.807, 2.05) is 0 Å². The minimum Gasteiger partial charge on any atom is -0.238 e. The smallest absolute Gasteiger partial charge is 0.0271 e. The van der Waals surface area contributed by atoms with Gasteiger partial charge in [0, 0.05) is 12.6 Å². The second-order valence-electron chi connectivity index (χ2n) is 3.35. The van der Waals surface area contributed by atoms with Crippen LogP contribution in [0.25, 0.3) is 0 Å². The van der Waals surface area contributed by atoms with E-state index in [4.69, 9.17) is 0 Å². The molecule has 1 saturated heterocycles. The summed E-state index contributed by atoms with van der Waals surface area (Å²) in [6.45, 7) is 5.70. The van der Waals surface area contributed by atoms with Crippen LogP contribution in [0.5, 0.6) is 0 Å². The predicted molar refractivity (Wildman–Crippen MR) is 44.1 cm³/mol. The predicted octanol–water partition coefficient (Wildman–Crippen LogP) is 2.19. The number of nitrogens with zero attached hydrogens (tertiary/aromatic N) is 1. The Morgan fingerprint density at radius 3 is 2.80 bits per heavy atom. The largest absolute Gasteiger partial charge is 0.238 e. The second-order valence-corrected chi connectivity index (χ2v) is 3.35. The molecule has 10 heavy (non-hydrogen) atoms. The average Bonchev–Trinajstić information content (AvgIpc) is 2.05. The highest BCUT2D eigenvalue weighted by molar-refractivity contribution is 4.75. The van der Waals surface area contributed by atoms with Crippen LogP contribution in [0.2, 0.25) is 0 Å². The van der Waals surface area contributed by atoms with Crippen LogP contribution in [0.15, 0.2) is 0 Å². The lowest BCUT2D eigenvalue weighted by atomic mass is 9.92. The third-order valence-corrected chi connectivity index (χ3v) is 2.57. The summed E-state index contributed by atoms with van der Waals surface area (Å²) in [7, 11) is 0. The SMILES string of the molecule is CCC(C)C1CCCC[N]1. The van der Waals surface area contributed by atoms with Gasteiger partial charge in [0.2, 0.25) is 0 Å². The Balaban J connectivity index is 2.24. The second kappa shape index (κ2) is 3.97. The highest BCUT2D eigenvalue weighted by Crippen LogP contribution is 2.18. The summed E-state index contributed by atoms with van der Waals surface area (Å²) < 4.78 is 0. The maximum Gasteiger partial charge on any atom is 0.0271 e. The fraction of sp³-hybridized carbons (Fsp3) is 1.00. The minimum absolute atomic E-state index is 0.693. The molecule has 0 bridgehead atoms. The first-order valence-corrected chi connectivity index (χ1v) is 4.51. The number of hydrogen-bond donors (Lipinski definition) is 0. The van der Waals surface area contributed by atoms with Gasteiger partial charge in [0.25, 0.3) is 0 Å². The summed E-state index contributed by atoms with van der Waals surface area (Å²) in [5.41, 5.74) is 0. The highest BCUT2D eigenvalue weighted by atomic mass is 14.9. The Labute approximate surface area is 64.2 Å². The van der Waals surface area contributed by atoms with Crippen molar-refractivity contribution >= 4 is 0 Å². The van der Waals surface area contributed by atoms with Crippen LogP contribution in [-0.4, -0.2) is 12.6 Å². The molecule has 2 atom stereocenters. The summed E-state index contributed by atoms with van der Waals surface area (Å²) in [5.74, 6) is 0.820. The number of rotatable bonds is 2. The molecule has 1 nitrogen and oxygen atoms in total. The van der Waals surface area contributed by atoms with Crippen LogP contribution in [-0.2, 0) is 0 Å². The van der Waals surface area contributed by atoms with Crippen LogP contribution < -0.4 is 5.32 Å². The maximum atomic E-state index is 4.60. The van der Waals surface area contributed by atoms with E-state index in [0.29, 0.717) is 6.04 Å². The Hall–Kier alpha value is -0.0400. The molecule has 1 heteroatoms.